The zero-order valence-electron chi connectivity index (χ0n) is 10.2. The number of rotatable bonds is 3. The molecule has 1 aromatic carbocycles. The van der Waals surface area contributed by atoms with Crippen molar-refractivity contribution in [2.75, 3.05) is 25.0 Å². The first-order valence-corrected chi connectivity index (χ1v) is 6.46. The molecule has 1 N–H and O–H groups in total. The van der Waals surface area contributed by atoms with Gasteiger partial charge in [-0.2, -0.15) is 0 Å². The highest BCUT2D eigenvalue weighted by Gasteiger charge is 2.33. The lowest BCUT2D eigenvalue weighted by Gasteiger charge is -2.31. The van der Waals surface area contributed by atoms with Crippen LogP contribution in [0.15, 0.2) is 24.3 Å². The van der Waals surface area contributed by atoms with Crippen LogP contribution >= 0.6 is 0 Å². The average molecular weight is 247 g/mol. The van der Waals surface area contributed by atoms with Crippen LogP contribution in [0.25, 0.3) is 0 Å². The Morgan fingerprint density at radius 2 is 1.94 bits per heavy atom. The van der Waals surface area contributed by atoms with Gasteiger partial charge in [0.2, 0.25) is 0 Å². The summed E-state index contributed by atoms with van der Waals surface area (Å²) in [7, 11) is 0. The maximum absolute atomic E-state index is 10.6. The maximum atomic E-state index is 10.6. The number of nitro benzene ring substituents is 1. The number of fused-ring (bicyclic) bond motifs is 2. The first kappa shape index (κ1) is 11.5. The van der Waals surface area contributed by atoms with Gasteiger partial charge in [-0.15, -0.1) is 0 Å². The number of hydrogen-bond acceptors (Lipinski definition) is 4. The first-order chi connectivity index (χ1) is 8.72. The van der Waals surface area contributed by atoms with E-state index in [1.807, 2.05) is 0 Å². The van der Waals surface area contributed by atoms with Crippen molar-refractivity contribution in [3.8, 4) is 0 Å². The van der Waals surface area contributed by atoms with Gasteiger partial charge in [0, 0.05) is 37.0 Å². The third-order valence-corrected chi connectivity index (χ3v) is 4.06. The molecular formula is C13H17N3O2. The van der Waals surface area contributed by atoms with E-state index in [1.54, 1.807) is 24.3 Å². The number of anilines is 1. The minimum Gasteiger partial charge on any atom is -0.382 e. The van der Waals surface area contributed by atoms with Crippen molar-refractivity contribution >= 4 is 11.4 Å². The molecule has 2 fully saturated rings. The molecule has 2 aliphatic rings. The molecule has 0 amide bonds. The predicted molar refractivity (Wildman–Crippen MR) is 69.7 cm³/mol. The number of non-ortho nitro benzene ring substituents is 1. The van der Waals surface area contributed by atoms with E-state index >= 15 is 0 Å². The van der Waals surface area contributed by atoms with Crippen LogP contribution in [-0.4, -0.2) is 35.5 Å². The lowest BCUT2D eigenvalue weighted by atomic mass is 9.94. The van der Waals surface area contributed by atoms with Crippen molar-refractivity contribution in [1.29, 1.82) is 0 Å². The Morgan fingerprint density at radius 3 is 2.67 bits per heavy atom. The third kappa shape index (κ3) is 2.18. The molecule has 3 atom stereocenters. The van der Waals surface area contributed by atoms with Crippen LogP contribution in [0.2, 0.25) is 0 Å². The fourth-order valence-corrected chi connectivity index (χ4v) is 3.03. The fourth-order valence-electron chi connectivity index (χ4n) is 3.03. The topological polar surface area (TPSA) is 58.4 Å². The largest absolute Gasteiger partial charge is 0.382 e. The van der Waals surface area contributed by atoms with Gasteiger partial charge >= 0.3 is 0 Å². The molecule has 0 spiro atoms. The van der Waals surface area contributed by atoms with E-state index in [4.69, 9.17) is 0 Å². The zero-order valence-corrected chi connectivity index (χ0v) is 10.2. The lowest BCUT2D eigenvalue weighted by Crippen LogP contribution is -2.39. The number of piperidine rings is 1. The highest BCUT2D eigenvalue weighted by molar-refractivity contribution is 5.49. The number of nitrogens with zero attached hydrogens (tertiary/aromatic N) is 2. The first-order valence-electron chi connectivity index (χ1n) is 6.46. The molecule has 3 rings (SSSR count). The van der Waals surface area contributed by atoms with Crippen LogP contribution in [0.3, 0.4) is 0 Å². The summed E-state index contributed by atoms with van der Waals surface area (Å²) in [6, 6.07) is 7.25. The van der Waals surface area contributed by atoms with Gasteiger partial charge in [-0.3, -0.25) is 10.1 Å². The number of benzene rings is 1. The summed E-state index contributed by atoms with van der Waals surface area (Å²) in [5.74, 6) is 0.731. The van der Waals surface area contributed by atoms with Gasteiger partial charge in [0.05, 0.1) is 4.92 Å². The molecule has 3 unspecified atom stereocenters. The molecule has 5 heteroatoms. The van der Waals surface area contributed by atoms with E-state index in [-0.39, 0.29) is 10.6 Å². The Kier molecular flexibility index (Phi) is 2.91. The monoisotopic (exact) mass is 247 g/mol. The molecule has 0 radical (unpaired) electrons. The SMILES string of the molecule is O=[N+]([O-])c1ccc(NC2CCN3CCC2C3)cc1. The van der Waals surface area contributed by atoms with Gasteiger partial charge in [-0.1, -0.05) is 0 Å². The van der Waals surface area contributed by atoms with E-state index in [0.29, 0.717) is 6.04 Å². The van der Waals surface area contributed by atoms with Crippen molar-refractivity contribution in [3.05, 3.63) is 34.4 Å². The molecule has 2 aliphatic heterocycles. The van der Waals surface area contributed by atoms with Gasteiger partial charge in [0.15, 0.2) is 0 Å². The maximum Gasteiger partial charge on any atom is 0.269 e. The number of hydrogen-bond donors (Lipinski definition) is 1. The summed E-state index contributed by atoms with van der Waals surface area (Å²) in [6.07, 6.45) is 2.44. The predicted octanol–water partition coefficient (Wildman–Crippen LogP) is 2.10. The lowest BCUT2D eigenvalue weighted by molar-refractivity contribution is -0.384. The second-order valence-corrected chi connectivity index (χ2v) is 5.19. The highest BCUT2D eigenvalue weighted by atomic mass is 16.6. The summed E-state index contributed by atoms with van der Waals surface area (Å²) >= 11 is 0. The van der Waals surface area contributed by atoms with Crippen LogP contribution in [-0.2, 0) is 0 Å². The van der Waals surface area contributed by atoms with E-state index in [2.05, 4.69) is 10.2 Å². The molecule has 0 aliphatic carbocycles. The Hall–Kier alpha value is -1.62. The van der Waals surface area contributed by atoms with E-state index < -0.39 is 0 Å². The molecule has 5 nitrogen and oxygen atoms in total. The summed E-state index contributed by atoms with van der Waals surface area (Å²) < 4.78 is 0. The van der Waals surface area contributed by atoms with Crippen molar-refractivity contribution < 1.29 is 4.92 Å². The molecule has 1 aromatic rings. The highest BCUT2D eigenvalue weighted by Crippen LogP contribution is 2.29. The van der Waals surface area contributed by atoms with E-state index in [0.717, 1.165) is 11.6 Å². The van der Waals surface area contributed by atoms with Crippen LogP contribution in [0.4, 0.5) is 11.4 Å². The van der Waals surface area contributed by atoms with E-state index in [9.17, 15) is 10.1 Å². The van der Waals surface area contributed by atoms with Crippen molar-refractivity contribution in [3.63, 3.8) is 0 Å². The second kappa shape index (κ2) is 4.57. The minimum absolute atomic E-state index is 0.149. The normalized spacial score (nSPS) is 30.1. The Labute approximate surface area is 106 Å². The summed E-state index contributed by atoms with van der Waals surface area (Å²) in [4.78, 5) is 12.7. The summed E-state index contributed by atoms with van der Waals surface area (Å²) in [5.41, 5.74) is 1.14. The van der Waals surface area contributed by atoms with Crippen LogP contribution in [0.1, 0.15) is 12.8 Å². The Balaban J connectivity index is 1.67. The molecule has 2 heterocycles. The smallest absolute Gasteiger partial charge is 0.269 e. The number of nitrogens with one attached hydrogen (secondary N) is 1. The van der Waals surface area contributed by atoms with E-state index in [1.165, 1.54) is 32.5 Å². The molecule has 0 aromatic heterocycles. The fraction of sp³-hybridized carbons (Fsp3) is 0.538. The Morgan fingerprint density at radius 1 is 1.22 bits per heavy atom. The van der Waals surface area contributed by atoms with Crippen LogP contribution < -0.4 is 5.32 Å². The van der Waals surface area contributed by atoms with Crippen molar-refractivity contribution in [2.45, 2.75) is 18.9 Å². The Bertz CT molecular complexity index is 446. The molecular weight excluding hydrogens is 230 g/mol. The van der Waals surface area contributed by atoms with Gasteiger partial charge in [0.1, 0.15) is 0 Å². The van der Waals surface area contributed by atoms with Gasteiger partial charge in [0.25, 0.3) is 5.69 Å². The minimum atomic E-state index is -0.362. The molecule has 2 saturated heterocycles. The molecule has 2 bridgehead atoms. The summed E-state index contributed by atoms with van der Waals surface area (Å²) in [5, 5.41) is 14.1. The quantitative estimate of drug-likeness (QED) is 0.656. The van der Waals surface area contributed by atoms with Crippen LogP contribution in [0, 0.1) is 16.0 Å². The van der Waals surface area contributed by atoms with Crippen LogP contribution in [0.5, 0.6) is 0 Å². The third-order valence-electron chi connectivity index (χ3n) is 4.06. The standard InChI is InChI=1S/C13H17N3O2/c17-16(18)12-3-1-11(2-4-12)14-13-6-8-15-7-5-10(13)9-15/h1-4,10,13-14H,5-9H2. The molecule has 0 saturated carbocycles. The van der Waals surface area contributed by atoms with Crippen molar-refractivity contribution in [1.82, 2.24) is 4.90 Å². The zero-order chi connectivity index (χ0) is 12.5. The van der Waals surface area contributed by atoms with Gasteiger partial charge in [-0.25, -0.2) is 0 Å². The van der Waals surface area contributed by atoms with Gasteiger partial charge in [-0.05, 0) is 37.4 Å². The molecule has 96 valence electrons. The molecule has 18 heavy (non-hydrogen) atoms. The second-order valence-electron chi connectivity index (χ2n) is 5.19. The number of nitro groups is 1. The summed E-state index contributed by atoms with van der Waals surface area (Å²) in [6.45, 7) is 3.59. The van der Waals surface area contributed by atoms with Gasteiger partial charge < -0.3 is 10.2 Å². The average Bonchev–Trinajstić information content (AvgIpc) is 2.76. The van der Waals surface area contributed by atoms with Crippen molar-refractivity contribution in [2.24, 2.45) is 5.92 Å².